The van der Waals surface area contributed by atoms with Crippen molar-refractivity contribution in [2.24, 2.45) is 0 Å². The van der Waals surface area contributed by atoms with Gasteiger partial charge in [0.2, 0.25) is 10.0 Å². The van der Waals surface area contributed by atoms with Crippen molar-refractivity contribution >= 4 is 21.6 Å². The number of rotatable bonds is 9. The highest BCUT2D eigenvalue weighted by Gasteiger charge is 2.17. The van der Waals surface area contributed by atoms with Crippen molar-refractivity contribution in [3.8, 4) is 0 Å². The van der Waals surface area contributed by atoms with E-state index in [4.69, 9.17) is 0 Å². The van der Waals surface area contributed by atoms with Crippen LogP contribution in [0.1, 0.15) is 19.8 Å². The zero-order valence-corrected chi connectivity index (χ0v) is 13.4. The standard InChI is InChI=1S/C13H18N4O5S/c1-3-4-10(2)15-16-13(18)9-14-23(21,22)12-7-5-11(6-8-12)17(19)20/h5-8,14-15H,2-4,9H2,1H3,(H,16,18). The fraction of sp³-hybridized carbons (Fsp3) is 0.308. The molecule has 0 bridgehead atoms. The van der Waals surface area contributed by atoms with Crippen molar-refractivity contribution in [2.45, 2.75) is 24.7 Å². The minimum Gasteiger partial charge on any atom is -0.303 e. The fourth-order valence-corrected chi connectivity index (χ4v) is 2.54. The Labute approximate surface area is 133 Å². The lowest BCUT2D eigenvalue weighted by atomic mass is 10.3. The number of allylic oxidation sites excluding steroid dienone is 1. The van der Waals surface area contributed by atoms with Crippen LogP contribution >= 0.6 is 0 Å². The first-order valence-corrected chi connectivity index (χ1v) is 8.21. The lowest BCUT2D eigenvalue weighted by Crippen LogP contribution is -2.43. The van der Waals surface area contributed by atoms with E-state index in [1.165, 1.54) is 0 Å². The van der Waals surface area contributed by atoms with Crippen molar-refractivity contribution in [2.75, 3.05) is 6.54 Å². The molecule has 1 aromatic rings. The van der Waals surface area contributed by atoms with Gasteiger partial charge in [-0.1, -0.05) is 19.9 Å². The number of nitro benzene ring substituents is 1. The van der Waals surface area contributed by atoms with Gasteiger partial charge in [-0.05, 0) is 18.6 Å². The first-order chi connectivity index (χ1) is 10.8. The molecule has 0 spiro atoms. The molecule has 0 aliphatic rings. The molecule has 10 heteroatoms. The summed E-state index contributed by atoms with van der Waals surface area (Å²) in [6, 6.07) is 4.34. The molecule has 1 rings (SSSR count). The van der Waals surface area contributed by atoms with Crippen LogP contribution in [-0.4, -0.2) is 25.8 Å². The van der Waals surface area contributed by atoms with Gasteiger partial charge in [-0.2, -0.15) is 0 Å². The highest BCUT2D eigenvalue weighted by atomic mass is 32.2. The third kappa shape index (κ3) is 6.04. The number of hydrazine groups is 1. The number of carbonyl (C=O) groups excluding carboxylic acids is 1. The first kappa shape index (κ1) is 18.6. The summed E-state index contributed by atoms with van der Waals surface area (Å²) < 4.78 is 26.0. The molecule has 0 heterocycles. The van der Waals surface area contributed by atoms with Crippen LogP contribution in [0.25, 0.3) is 0 Å². The largest absolute Gasteiger partial charge is 0.303 e. The second kappa shape index (κ2) is 8.25. The zero-order chi connectivity index (χ0) is 17.5. The summed E-state index contributed by atoms with van der Waals surface area (Å²) in [6.45, 7) is 5.15. The second-order valence-corrected chi connectivity index (χ2v) is 6.37. The molecule has 0 saturated carbocycles. The van der Waals surface area contributed by atoms with Gasteiger partial charge in [0.25, 0.3) is 11.6 Å². The minimum atomic E-state index is -3.93. The van der Waals surface area contributed by atoms with E-state index >= 15 is 0 Å². The Morgan fingerprint density at radius 2 is 1.87 bits per heavy atom. The normalized spacial score (nSPS) is 10.8. The Bertz CT molecular complexity index is 685. The molecule has 23 heavy (non-hydrogen) atoms. The molecular weight excluding hydrogens is 324 g/mol. The van der Waals surface area contributed by atoms with Crippen molar-refractivity contribution in [3.05, 3.63) is 46.7 Å². The van der Waals surface area contributed by atoms with Gasteiger partial charge in [0, 0.05) is 17.8 Å². The monoisotopic (exact) mass is 342 g/mol. The molecule has 3 N–H and O–H groups in total. The SMILES string of the molecule is C=C(CCC)NNC(=O)CNS(=O)(=O)c1ccc([N+](=O)[O-])cc1. The lowest BCUT2D eigenvalue weighted by molar-refractivity contribution is -0.384. The van der Waals surface area contributed by atoms with E-state index in [-0.39, 0.29) is 10.6 Å². The third-order valence-electron chi connectivity index (χ3n) is 2.71. The van der Waals surface area contributed by atoms with Crippen LogP contribution < -0.4 is 15.6 Å². The number of nitrogens with one attached hydrogen (secondary N) is 3. The summed E-state index contributed by atoms with van der Waals surface area (Å²) in [5, 5.41) is 10.5. The predicted octanol–water partition coefficient (Wildman–Crippen LogP) is 0.808. The lowest BCUT2D eigenvalue weighted by Gasteiger charge is -2.11. The molecule has 0 aliphatic heterocycles. The van der Waals surface area contributed by atoms with Gasteiger partial charge in [-0.25, -0.2) is 13.1 Å². The molecule has 0 unspecified atom stereocenters. The van der Waals surface area contributed by atoms with Gasteiger partial charge in [0.1, 0.15) is 0 Å². The summed E-state index contributed by atoms with van der Waals surface area (Å²) in [7, 11) is -3.93. The predicted molar refractivity (Wildman–Crippen MR) is 83.6 cm³/mol. The Morgan fingerprint density at radius 3 is 2.39 bits per heavy atom. The molecule has 0 atom stereocenters. The van der Waals surface area contributed by atoms with E-state index in [0.717, 1.165) is 30.7 Å². The molecule has 1 amide bonds. The van der Waals surface area contributed by atoms with Gasteiger partial charge < -0.3 is 5.43 Å². The Hall–Kier alpha value is -2.46. The van der Waals surface area contributed by atoms with E-state index in [0.29, 0.717) is 12.1 Å². The average molecular weight is 342 g/mol. The maximum Gasteiger partial charge on any atom is 0.269 e. The van der Waals surface area contributed by atoms with Crippen LogP contribution in [0.15, 0.2) is 41.4 Å². The quantitative estimate of drug-likeness (QED) is 0.449. The Balaban J connectivity index is 2.56. The molecule has 1 aromatic carbocycles. The number of amides is 1. The number of carbonyl (C=O) groups is 1. The van der Waals surface area contributed by atoms with Gasteiger partial charge in [-0.15, -0.1) is 0 Å². The van der Waals surface area contributed by atoms with E-state index in [1.807, 2.05) is 6.92 Å². The number of benzene rings is 1. The maximum absolute atomic E-state index is 12.0. The molecule has 0 fully saturated rings. The van der Waals surface area contributed by atoms with Crippen LogP contribution in [0.4, 0.5) is 5.69 Å². The van der Waals surface area contributed by atoms with Crippen molar-refractivity contribution in [3.63, 3.8) is 0 Å². The number of hydrogen-bond acceptors (Lipinski definition) is 6. The summed E-state index contributed by atoms with van der Waals surface area (Å²) in [5.41, 5.74) is 5.27. The highest BCUT2D eigenvalue weighted by molar-refractivity contribution is 7.89. The number of nitrogens with zero attached hydrogens (tertiary/aromatic N) is 1. The van der Waals surface area contributed by atoms with Gasteiger partial charge in [-0.3, -0.25) is 20.3 Å². The zero-order valence-electron chi connectivity index (χ0n) is 12.5. The third-order valence-corrected chi connectivity index (χ3v) is 4.13. The number of sulfonamides is 1. The van der Waals surface area contributed by atoms with Crippen LogP contribution in [0.2, 0.25) is 0 Å². The molecule has 126 valence electrons. The minimum absolute atomic E-state index is 0.167. The van der Waals surface area contributed by atoms with Crippen molar-refractivity contribution < 1.29 is 18.1 Å². The molecule has 0 saturated heterocycles. The van der Waals surface area contributed by atoms with Gasteiger partial charge in [0.05, 0.1) is 16.4 Å². The van der Waals surface area contributed by atoms with E-state index in [1.54, 1.807) is 0 Å². The summed E-state index contributed by atoms with van der Waals surface area (Å²) in [4.78, 5) is 21.3. The van der Waals surface area contributed by atoms with Gasteiger partial charge in [0.15, 0.2) is 0 Å². The highest BCUT2D eigenvalue weighted by Crippen LogP contribution is 2.15. The van der Waals surface area contributed by atoms with Crippen LogP contribution in [-0.2, 0) is 14.8 Å². The Kier molecular flexibility index (Phi) is 6.66. The Morgan fingerprint density at radius 1 is 1.26 bits per heavy atom. The van der Waals surface area contributed by atoms with Gasteiger partial charge >= 0.3 is 0 Å². The first-order valence-electron chi connectivity index (χ1n) is 6.73. The maximum atomic E-state index is 12.0. The van der Waals surface area contributed by atoms with E-state index in [2.05, 4.69) is 22.2 Å². The second-order valence-electron chi connectivity index (χ2n) is 4.60. The van der Waals surface area contributed by atoms with Crippen molar-refractivity contribution in [1.29, 1.82) is 0 Å². The molecule has 9 nitrogen and oxygen atoms in total. The topological polar surface area (TPSA) is 130 Å². The van der Waals surface area contributed by atoms with Crippen LogP contribution in [0.3, 0.4) is 0 Å². The molecule has 0 aliphatic carbocycles. The molecular formula is C13H18N4O5S. The number of hydrogen-bond donors (Lipinski definition) is 3. The van der Waals surface area contributed by atoms with E-state index in [9.17, 15) is 23.3 Å². The van der Waals surface area contributed by atoms with E-state index < -0.39 is 27.4 Å². The van der Waals surface area contributed by atoms with Crippen LogP contribution in [0.5, 0.6) is 0 Å². The molecule has 0 radical (unpaired) electrons. The molecule has 0 aromatic heterocycles. The number of nitro groups is 1. The van der Waals surface area contributed by atoms with Crippen LogP contribution in [0, 0.1) is 10.1 Å². The fourth-order valence-electron chi connectivity index (χ4n) is 1.56. The summed E-state index contributed by atoms with van der Waals surface area (Å²) in [6.07, 6.45) is 1.53. The summed E-state index contributed by atoms with van der Waals surface area (Å²) in [5.74, 6) is -0.590. The van der Waals surface area contributed by atoms with Crippen molar-refractivity contribution in [1.82, 2.24) is 15.6 Å². The smallest absolute Gasteiger partial charge is 0.269 e. The average Bonchev–Trinajstić information content (AvgIpc) is 2.51. The number of non-ortho nitro benzene ring substituents is 1. The summed E-state index contributed by atoms with van der Waals surface area (Å²) >= 11 is 0.